The predicted octanol–water partition coefficient (Wildman–Crippen LogP) is 5.17. The van der Waals surface area contributed by atoms with Gasteiger partial charge in [0.25, 0.3) is 0 Å². The van der Waals surface area contributed by atoms with Gasteiger partial charge in [0.1, 0.15) is 5.75 Å². The van der Waals surface area contributed by atoms with Gasteiger partial charge >= 0.3 is 0 Å². The van der Waals surface area contributed by atoms with Crippen LogP contribution < -0.4 is 10.1 Å². The summed E-state index contributed by atoms with van der Waals surface area (Å²) in [6.45, 7) is 0. The van der Waals surface area contributed by atoms with Gasteiger partial charge in [-0.05, 0) is 35.4 Å². The molecule has 0 saturated carbocycles. The van der Waals surface area contributed by atoms with Crippen LogP contribution in [-0.2, 0) is 0 Å². The van der Waals surface area contributed by atoms with Crippen LogP contribution >= 0.6 is 22.7 Å². The van der Waals surface area contributed by atoms with Crippen LogP contribution in [0.25, 0.3) is 21.3 Å². The third-order valence-electron chi connectivity index (χ3n) is 3.44. The van der Waals surface area contributed by atoms with E-state index in [1.54, 1.807) is 36.0 Å². The van der Waals surface area contributed by atoms with Crippen molar-refractivity contribution in [1.29, 1.82) is 0 Å². The molecular weight excluding hydrogens is 326 g/mol. The van der Waals surface area contributed by atoms with E-state index >= 15 is 0 Å². The van der Waals surface area contributed by atoms with E-state index in [0.717, 1.165) is 37.4 Å². The SMILES string of the molecule is COc1cccc(-c2ccc3nc(Nc4nccs4)sc3c2)c1. The first kappa shape index (κ1) is 14.2. The first-order valence-corrected chi connectivity index (χ1v) is 8.73. The van der Waals surface area contributed by atoms with Gasteiger partial charge in [-0.1, -0.05) is 29.5 Å². The van der Waals surface area contributed by atoms with Gasteiger partial charge in [-0.25, -0.2) is 9.97 Å². The zero-order chi connectivity index (χ0) is 15.6. The Kier molecular flexibility index (Phi) is 3.69. The summed E-state index contributed by atoms with van der Waals surface area (Å²) in [6.07, 6.45) is 1.78. The fourth-order valence-corrected chi connectivity index (χ4v) is 3.83. The standard InChI is InChI=1S/C17H13N3OS2/c1-21-13-4-2-3-11(9-13)12-5-6-14-15(10-12)23-17(19-14)20-16-18-7-8-22-16/h2-10H,1H3,(H,18,19,20). The van der Waals surface area contributed by atoms with E-state index in [1.165, 1.54) is 0 Å². The van der Waals surface area contributed by atoms with E-state index in [2.05, 4.69) is 33.5 Å². The first-order chi connectivity index (χ1) is 11.3. The summed E-state index contributed by atoms with van der Waals surface area (Å²) in [5, 5.41) is 6.90. The van der Waals surface area contributed by atoms with Crippen molar-refractivity contribution in [2.45, 2.75) is 0 Å². The Balaban J connectivity index is 1.69. The van der Waals surface area contributed by atoms with Crippen LogP contribution in [0.2, 0.25) is 0 Å². The lowest BCUT2D eigenvalue weighted by Gasteiger charge is -2.04. The van der Waals surface area contributed by atoms with Crippen LogP contribution in [0.15, 0.2) is 54.0 Å². The highest BCUT2D eigenvalue weighted by Crippen LogP contribution is 2.33. The van der Waals surface area contributed by atoms with Gasteiger partial charge in [0.2, 0.25) is 0 Å². The number of fused-ring (bicyclic) bond motifs is 1. The number of aromatic nitrogens is 2. The van der Waals surface area contributed by atoms with Gasteiger partial charge in [0, 0.05) is 11.6 Å². The highest BCUT2D eigenvalue weighted by molar-refractivity contribution is 7.22. The van der Waals surface area contributed by atoms with Crippen molar-refractivity contribution in [3.63, 3.8) is 0 Å². The van der Waals surface area contributed by atoms with E-state index in [-0.39, 0.29) is 0 Å². The maximum absolute atomic E-state index is 5.30. The molecule has 4 aromatic rings. The molecule has 0 fully saturated rings. The lowest BCUT2D eigenvalue weighted by molar-refractivity contribution is 0.415. The Labute approximate surface area is 141 Å². The zero-order valence-corrected chi connectivity index (χ0v) is 13.9. The Morgan fingerprint density at radius 3 is 2.78 bits per heavy atom. The number of hydrogen-bond donors (Lipinski definition) is 1. The Bertz CT molecular complexity index is 948. The van der Waals surface area contributed by atoms with Gasteiger partial charge in [-0.15, -0.1) is 11.3 Å². The molecule has 0 amide bonds. The van der Waals surface area contributed by atoms with Crippen molar-refractivity contribution in [2.24, 2.45) is 0 Å². The summed E-state index contributed by atoms with van der Waals surface area (Å²) >= 11 is 3.19. The molecule has 6 heteroatoms. The lowest BCUT2D eigenvalue weighted by atomic mass is 10.1. The molecule has 0 saturated heterocycles. The highest BCUT2D eigenvalue weighted by atomic mass is 32.1. The molecule has 1 N–H and O–H groups in total. The number of nitrogens with zero attached hydrogens (tertiary/aromatic N) is 2. The van der Waals surface area contributed by atoms with Crippen LogP contribution in [0.4, 0.5) is 10.3 Å². The normalized spacial score (nSPS) is 10.8. The average molecular weight is 339 g/mol. The second-order valence-corrected chi connectivity index (χ2v) is 6.82. The number of anilines is 2. The lowest BCUT2D eigenvalue weighted by Crippen LogP contribution is -1.86. The van der Waals surface area contributed by atoms with E-state index in [0.29, 0.717) is 0 Å². The summed E-state index contributed by atoms with van der Waals surface area (Å²) in [7, 11) is 1.68. The van der Waals surface area contributed by atoms with Gasteiger partial charge in [0.15, 0.2) is 10.3 Å². The minimum atomic E-state index is 0.858. The van der Waals surface area contributed by atoms with Crippen LogP contribution in [0.3, 0.4) is 0 Å². The molecule has 2 heterocycles. The molecule has 0 bridgehead atoms. The van der Waals surface area contributed by atoms with Gasteiger partial charge in [-0.3, -0.25) is 0 Å². The number of rotatable bonds is 4. The molecule has 23 heavy (non-hydrogen) atoms. The van der Waals surface area contributed by atoms with Crippen LogP contribution in [0, 0.1) is 0 Å². The van der Waals surface area contributed by atoms with Gasteiger partial charge in [-0.2, -0.15) is 0 Å². The summed E-state index contributed by atoms with van der Waals surface area (Å²) in [4.78, 5) is 8.83. The Morgan fingerprint density at radius 1 is 1.04 bits per heavy atom. The molecule has 0 aliphatic carbocycles. The third kappa shape index (κ3) is 2.91. The van der Waals surface area contributed by atoms with Crippen molar-refractivity contribution in [1.82, 2.24) is 9.97 Å². The number of methoxy groups -OCH3 is 1. The molecule has 0 spiro atoms. The fourth-order valence-electron chi connectivity index (χ4n) is 2.34. The van der Waals surface area contributed by atoms with Crippen LogP contribution in [-0.4, -0.2) is 17.1 Å². The smallest absolute Gasteiger partial charge is 0.190 e. The number of thiazole rings is 2. The molecule has 2 aromatic carbocycles. The largest absolute Gasteiger partial charge is 0.497 e. The van der Waals surface area contributed by atoms with Crippen molar-refractivity contribution in [2.75, 3.05) is 12.4 Å². The molecular formula is C17H13N3OS2. The Hall–Kier alpha value is -2.44. The quantitative estimate of drug-likeness (QED) is 0.557. The van der Waals surface area contributed by atoms with E-state index in [4.69, 9.17) is 4.74 Å². The third-order valence-corrected chi connectivity index (χ3v) is 5.06. The maximum Gasteiger partial charge on any atom is 0.190 e. The summed E-state index contributed by atoms with van der Waals surface area (Å²) in [5.74, 6) is 0.859. The molecule has 0 radical (unpaired) electrons. The van der Waals surface area contributed by atoms with Crippen molar-refractivity contribution in [3.8, 4) is 16.9 Å². The summed E-state index contributed by atoms with van der Waals surface area (Å²) in [6, 6.07) is 14.4. The summed E-state index contributed by atoms with van der Waals surface area (Å²) < 4.78 is 6.44. The molecule has 0 aliphatic rings. The number of ether oxygens (including phenoxy) is 1. The predicted molar refractivity (Wildman–Crippen MR) is 97.0 cm³/mol. The highest BCUT2D eigenvalue weighted by Gasteiger charge is 2.07. The average Bonchev–Trinajstić information content (AvgIpc) is 3.23. The van der Waals surface area contributed by atoms with Crippen LogP contribution in [0.5, 0.6) is 5.75 Å². The Morgan fingerprint density at radius 2 is 1.96 bits per heavy atom. The first-order valence-electron chi connectivity index (χ1n) is 7.03. The maximum atomic E-state index is 5.30. The minimum absolute atomic E-state index is 0.858. The minimum Gasteiger partial charge on any atom is -0.497 e. The van der Waals surface area contributed by atoms with Crippen molar-refractivity contribution >= 4 is 43.2 Å². The second kappa shape index (κ2) is 5.98. The monoisotopic (exact) mass is 339 g/mol. The van der Waals surface area contributed by atoms with Crippen LogP contribution in [0.1, 0.15) is 0 Å². The second-order valence-electron chi connectivity index (χ2n) is 4.90. The van der Waals surface area contributed by atoms with E-state index in [1.807, 2.05) is 29.6 Å². The number of hydrogen-bond acceptors (Lipinski definition) is 6. The molecule has 0 unspecified atom stereocenters. The van der Waals surface area contributed by atoms with E-state index in [9.17, 15) is 0 Å². The molecule has 4 rings (SSSR count). The van der Waals surface area contributed by atoms with Crippen molar-refractivity contribution in [3.05, 3.63) is 54.0 Å². The molecule has 0 atom stereocenters. The van der Waals surface area contributed by atoms with Gasteiger partial charge in [0.05, 0.1) is 17.3 Å². The number of benzene rings is 2. The zero-order valence-electron chi connectivity index (χ0n) is 12.3. The topological polar surface area (TPSA) is 47.0 Å². The van der Waals surface area contributed by atoms with Crippen molar-refractivity contribution < 1.29 is 4.74 Å². The molecule has 4 nitrogen and oxygen atoms in total. The molecule has 114 valence electrons. The summed E-state index contributed by atoms with van der Waals surface area (Å²) in [5.41, 5.74) is 3.27. The molecule has 0 aliphatic heterocycles. The fraction of sp³-hybridized carbons (Fsp3) is 0.0588. The van der Waals surface area contributed by atoms with E-state index < -0.39 is 0 Å². The molecule has 2 aromatic heterocycles. The number of nitrogens with one attached hydrogen (secondary N) is 1. The van der Waals surface area contributed by atoms with Gasteiger partial charge < -0.3 is 10.1 Å².